The van der Waals surface area contributed by atoms with Crippen molar-refractivity contribution in [3.63, 3.8) is 0 Å². The predicted molar refractivity (Wildman–Crippen MR) is 112 cm³/mol. The Morgan fingerprint density at radius 2 is 1.72 bits per heavy atom. The Labute approximate surface area is 169 Å². The minimum absolute atomic E-state index is 0.246. The fourth-order valence-electron chi connectivity index (χ4n) is 2.98. The van der Waals surface area contributed by atoms with Crippen molar-refractivity contribution in [1.82, 2.24) is 20.3 Å². The minimum atomic E-state index is -0.817. The van der Waals surface area contributed by atoms with Gasteiger partial charge in [-0.05, 0) is 56.7 Å². The lowest BCUT2D eigenvalue weighted by molar-refractivity contribution is -0.139. The molecule has 7 heteroatoms. The molecule has 2 N–H and O–H groups in total. The number of hydrogen-bond acceptors (Lipinski definition) is 4. The van der Waals surface area contributed by atoms with Crippen molar-refractivity contribution in [3.8, 4) is 5.69 Å². The van der Waals surface area contributed by atoms with Crippen molar-refractivity contribution in [1.29, 1.82) is 0 Å². The molecule has 0 spiro atoms. The molecule has 2 heterocycles. The molecule has 3 aromatic rings. The van der Waals surface area contributed by atoms with Crippen molar-refractivity contribution >= 4 is 18.0 Å². The zero-order valence-corrected chi connectivity index (χ0v) is 16.6. The molecule has 0 unspecified atom stereocenters. The first kappa shape index (κ1) is 20.0. The Morgan fingerprint density at radius 1 is 1.03 bits per heavy atom. The topological polar surface area (TPSA) is 88.4 Å². The number of aryl methyl sites for hydroxylation is 2. The summed E-state index contributed by atoms with van der Waals surface area (Å²) in [6.07, 6.45) is 4.79. The van der Waals surface area contributed by atoms with Gasteiger partial charge in [0.25, 0.3) is 0 Å². The highest BCUT2D eigenvalue weighted by Crippen LogP contribution is 2.20. The maximum Gasteiger partial charge on any atom is 0.329 e. The van der Waals surface area contributed by atoms with Gasteiger partial charge < -0.3 is 9.88 Å². The Morgan fingerprint density at radius 3 is 2.41 bits per heavy atom. The number of hydrogen-bond donors (Lipinski definition) is 2. The third-order valence-corrected chi connectivity index (χ3v) is 4.54. The van der Waals surface area contributed by atoms with Crippen LogP contribution in [0.4, 0.5) is 0 Å². The molecular formula is C22H23N5O2. The average molecular weight is 389 g/mol. The van der Waals surface area contributed by atoms with Gasteiger partial charge in [-0.1, -0.05) is 17.7 Å². The first-order chi connectivity index (χ1) is 14.0. The van der Waals surface area contributed by atoms with Crippen LogP contribution < -0.4 is 10.7 Å². The van der Waals surface area contributed by atoms with Crippen LogP contribution in [-0.2, 0) is 16.1 Å². The molecule has 7 nitrogen and oxygen atoms in total. The number of carbonyl (C=O) groups is 2. The summed E-state index contributed by atoms with van der Waals surface area (Å²) in [6.45, 7) is 6.29. The van der Waals surface area contributed by atoms with E-state index in [2.05, 4.69) is 49.7 Å². The Bertz CT molecular complexity index is 1040. The van der Waals surface area contributed by atoms with E-state index >= 15 is 0 Å². The summed E-state index contributed by atoms with van der Waals surface area (Å²) in [6, 6.07) is 13.8. The van der Waals surface area contributed by atoms with Crippen LogP contribution in [0.15, 0.2) is 60.0 Å². The van der Waals surface area contributed by atoms with Gasteiger partial charge in [-0.15, -0.1) is 0 Å². The van der Waals surface area contributed by atoms with E-state index in [1.54, 1.807) is 30.7 Å². The van der Waals surface area contributed by atoms with E-state index in [0.717, 1.165) is 28.2 Å². The average Bonchev–Trinajstić information content (AvgIpc) is 3.01. The fraction of sp³-hybridized carbons (Fsp3) is 0.182. The van der Waals surface area contributed by atoms with Gasteiger partial charge in [-0.25, -0.2) is 5.43 Å². The Balaban J connectivity index is 1.61. The zero-order chi connectivity index (χ0) is 20.8. The minimum Gasteiger partial charge on any atom is -0.344 e. The number of amides is 2. The lowest BCUT2D eigenvalue weighted by Crippen LogP contribution is -2.37. The van der Waals surface area contributed by atoms with Crippen LogP contribution in [0.5, 0.6) is 0 Å². The van der Waals surface area contributed by atoms with Gasteiger partial charge in [0.15, 0.2) is 0 Å². The molecule has 2 amide bonds. The molecule has 1 aromatic carbocycles. The van der Waals surface area contributed by atoms with E-state index in [4.69, 9.17) is 0 Å². The second kappa shape index (κ2) is 8.97. The lowest BCUT2D eigenvalue weighted by Gasteiger charge is -2.09. The summed E-state index contributed by atoms with van der Waals surface area (Å²) < 4.78 is 2.12. The highest BCUT2D eigenvalue weighted by atomic mass is 16.2. The molecule has 0 aliphatic heterocycles. The van der Waals surface area contributed by atoms with Gasteiger partial charge in [0.2, 0.25) is 0 Å². The zero-order valence-electron chi connectivity index (χ0n) is 16.6. The van der Waals surface area contributed by atoms with Gasteiger partial charge in [-0.2, -0.15) is 5.10 Å². The van der Waals surface area contributed by atoms with E-state index in [9.17, 15) is 9.59 Å². The van der Waals surface area contributed by atoms with E-state index in [0.29, 0.717) is 0 Å². The molecule has 0 aliphatic rings. The number of hydrazone groups is 1. The molecule has 0 atom stereocenters. The van der Waals surface area contributed by atoms with Gasteiger partial charge in [-0.3, -0.25) is 14.6 Å². The second-order valence-corrected chi connectivity index (χ2v) is 6.73. The lowest BCUT2D eigenvalue weighted by atomic mass is 10.2. The van der Waals surface area contributed by atoms with Crippen LogP contribution in [-0.4, -0.2) is 27.6 Å². The summed E-state index contributed by atoms with van der Waals surface area (Å²) in [4.78, 5) is 27.7. The Hall–Kier alpha value is -3.74. The van der Waals surface area contributed by atoms with Crippen molar-refractivity contribution in [2.75, 3.05) is 0 Å². The van der Waals surface area contributed by atoms with Crippen LogP contribution in [0, 0.1) is 20.8 Å². The third-order valence-electron chi connectivity index (χ3n) is 4.54. The second-order valence-electron chi connectivity index (χ2n) is 6.73. The molecular weight excluding hydrogens is 366 g/mol. The number of carbonyl (C=O) groups excluding carboxylic acids is 2. The molecule has 0 radical (unpaired) electrons. The summed E-state index contributed by atoms with van der Waals surface area (Å²) in [5.41, 5.74) is 8.28. The summed E-state index contributed by atoms with van der Waals surface area (Å²) in [5, 5.41) is 6.47. The fourth-order valence-corrected chi connectivity index (χ4v) is 2.98. The van der Waals surface area contributed by atoms with E-state index in [1.165, 1.54) is 5.56 Å². The van der Waals surface area contributed by atoms with Gasteiger partial charge in [0.1, 0.15) is 0 Å². The van der Waals surface area contributed by atoms with Crippen molar-refractivity contribution < 1.29 is 9.59 Å². The molecule has 148 valence electrons. The van der Waals surface area contributed by atoms with E-state index < -0.39 is 11.8 Å². The highest BCUT2D eigenvalue weighted by molar-refractivity contribution is 6.35. The first-order valence-electron chi connectivity index (χ1n) is 9.22. The quantitative estimate of drug-likeness (QED) is 0.399. The van der Waals surface area contributed by atoms with Crippen LogP contribution in [0.1, 0.15) is 28.1 Å². The molecule has 0 saturated carbocycles. The van der Waals surface area contributed by atoms with Crippen molar-refractivity contribution in [3.05, 3.63) is 82.9 Å². The number of rotatable bonds is 5. The number of nitrogens with zero attached hydrogens (tertiary/aromatic N) is 3. The van der Waals surface area contributed by atoms with Crippen LogP contribution in [0.2, 0.25) is 0 Å². The summed E-state index contributed by atoms with van der Waals surface area (Å²) in [5.74, 6) is -1.56. The molecule has 3 rings (SSSR count). The molecule has 0 bridgehead atoms. The number of nitrogens with one attached hydrogen (secondary N) is 2. The molecule has 0 saturated heterocycles. The SMILES string of the molecule is Cc1ccc(-n2c(C)cc(/C=N\NC(=O)C(=O)NCc3ccncc3)c2C)cc1. The van der Waals surface area contributed by atoms with Gasteiger partial charge in [0.05, 0.1) is 6.21 Å². The third kappa shape index (κ3) is 4.95. The molecule has 0 fully saturated rings. The van der Waals surface area contributed by atoms with E-state index in [1.807, 2.05) is 26.8 Å². The Kier molecular flexibility index (Phi) is 6.19. The number of pyridine rings is 1. The highest BCUT2D eigenvalue weighted by Gasteiger charge is 2.13. The molecule has 2 aromatic heterocycles. The monoisotopic (exact) mass is 389 g/mol. The summed E-state index contributed by atoms with van der Waals surface area (Å²) >= 11 is 0. The van der Waals surface area contributed by atoms with E-state index in [-0.39, 0.29) is 6.54 Å². The van der Waals surface area contributed by atoms with Crippen molar-refractivity contribution in [2.24, 2.45) is 5.10 Å². The van der Waals surface area contributed by atoms with Crippen LogP contribution >= 0.6 is 0 Å². The first-order valence-corrected chi connectivity index (χ1v) is 9.22. The standard InChI is InChI=1S/C22H23N5O2/c1-15-4-6-20(7-5-15)27-16(2)12-19(17(27)3)14-25-26-22(29)21(28)24-13-18-8-10-23-11-9-18/h4-12,14H,13H2,1-3H3,(H,24,28)(H,26,29)/b25-14-. The van der Waals surface area contributed by atoms with Crippen LogP contribution in [0.3, 0.4) is 0 Å². The molecule has 29 heavy (non-hydrogen) atoms. The maximum absolute atomic E-state index is 11.9. The van der Waals surface area contributed by atoms with Gasteiger partial charge in [0, 0.05) is 41.6 Å². The summed E-state index contributed by atoms with van der Waals surface area (Å²) in [7, 11) is 0. The smallest absolute Gasteiger partial charge is 0.329 e. The largest absolute Gasteiger partial charge is 0.344 e. The van der Waals surface area contributed by atoms with Gasteiger partial charge >= 0.3 is 11.8 Å². The predicted octanol–water partition coefficient (Wildman–Crippen LogP) is 2.56. The van der Waals surface area contributed by atoms with Crippen LogP contribution in [0.25, 0.3) is 5.69 Å². The number of aromatic nitrogens is 2. The number of benzene rings is 1. The maximum atomic E-state index is 11.9. The normalized spacial score (nSPS) is 10.9. The van der Waals surface area contributed by atoms with Crippen molar-refractivity contribution in [2.45, 2.75) is 27.3 Å². The molecule has 0 aliphatic carbocycles.